The molecule has 0 aromatic heterocycles. The SMILES string of the molecule is CSCCOP. The lowest BCUT2D eigenvalue weighted by Gasteiger charge is -1.89. The molecule has 0 N–H and O–H groups in total. The van der Waals surface area contributed by atoms with Gasteiger partial charge < -0.3 is 4.52 Å². The van der Waals surface area contributed by atoms with Gasteiger partial charge in [-0.05, 0) is 6.26 Å². The Labute approximate surface area is 45.1 Å². The Morgan fingerprint density at radius 2 is 2.50 bits per heavy atom. The van der Waals surface area contributed by atoms with E-state index >= 15 is 0 Å². The fourth-order valence-electron chi connectivity index (χ4n) is 0.131. The molecule has 6 heavy (non-hydrogen) atoms. The maximum absolute atomic E-state index is 4.68. The molecule has 0 saturated carbocycles. The Bertz CT molecular complexity index is 22.8. The summed E-state index contributed by atoms with van der Waals surface area (Å²) in [6.45, 7) is 0.839. The number of hydrogen-bond donors (Lipinski definition) is 0. The van der Waals surface area contributed by atoms with Gasteiger partial charge in [0.1, 0.15) is 0 Å². The quantitative estimate of drug-likeness (QED) is 0.412. The van der Waals surface area contributed by atoms with Crippen LogP contribution in [0.3, 0.4) is 0 Å². The molecule has 3 heteroatoms. The van der Waals surface area contributed by atoms with Crippen LogP contribution in [0.1, 0.15) is 0 Å². The highest BCUT2D eigenvalue weighted by atomic mass is 32.2. The first-order chi connectivity index (χ1) is 2.91. The normalized spacial score (nSPS) is 9.00. The molecule has 0 fully saturated rings. The lowest BCUT2D eigenvalue weighted by molar-refractivity contribution is 0.404. The van der Waals surface area contributed by atoms with Crippen molar-refractivity contribution in [3.63, 3.8) is 0 Å². The van der Waals surface area contributed by atoms with Crippen molar-refractivity contribution >= 4 is 21.2 Å². The second-order valence-corrected chi connectivity index (χ2v) is 2.18. The average molecular weight is 124 g/mol. The summed E-state index contributed by atoms with van der Waals surface area (Å²) in [7, 11) is 2.22. The van der Waals surface area contributed by atoms with Gasteiger partial charge in [0.15, 0.2) is 0 Å². The van der Waals surface area contributed by atoms with Crippen molar-refractivity contribution in [1.29, 1.82) is 0 Å². The molecule has 0 rings (SSSR count). The molecule has 0 amide bonds. The van der Waals surface area contributed by atoms with Crippen LogP contribution < -0.4 is 0 Å². The summed E-state index contributed by atoms with van der Waals surface area (Å²) in [6, 6.07) is 0. The maximum atomic E-state index is 4.68. The number of hydrogen-bond acceptors (Lipinski definition) is 2. The van der Waals surface area contributed by atoms with Gasteiger partial charge in [0.05, 0.1) is 6.61 Å². The molecule has 0 aliphatic rings. The Kier molecular flexibility index (Phi) is 6.45. The van der Waals surface area contributed by atoms with E-state index in [1.54, 1.807) is 11.8 Å². The second kappa shape index (κ2) is 5.74. The topological polar surface area (TPSA) is 9.23 Å². The smallest absolute Gasteiger partial charge is 0.0592 e. The van der Waals surface area contributed by atoms with Crippen molar-refractivity contribution in [3.05, 3.63) is 0 Å². The third-order valence-electron chi connectivity index (χ3n) is 0.405. The largest absolute Gasteiger partial charge is 0.365 e. The molecule has 0 spiro atoms. The van der Waals surface area contributed by atoms with Gasteiger partial charge in [0.25, 0.3) is 0 Å². The Hall–Kier alpha value is 0.740. The average Bonchev–Trinajstić information content (AvgIpc) is 1.61. The molecular weight excluding hydrogens is 115 g/mol. The molecule has 1 nitrogen and oxygen atoms in total. The van der Waals surface area contributed by atoms with Crippen LogP contribution in [0.15, 0.2) is 0 Å². The summed E-state index contributed by atoms with van der Waals surface area (Å²) >= 11 is 1.79. The zero-order valence-corrected chi connectivity index (χ0v) is 5.78. The monoisotopic (exact) mass is 124 g/mol. The highest BCUT2D eigenvalue weighted by Crippen LogP contribution is 1.92. The summed E-state index contributed by atoms with van der Waals surface area (Å²) in [6.07, 6.45) is 2.06. The van der Waals surface area contributed by atoms with E-state index in [9.17, 15) is 0 Å². The van der Waals surface area contributed by atoms with Crippen LogP contribution in [-0.2, 0) is 4.52 Å². The predicted octanol–water partition coefficient (Wildman–Crippen LogP) is 1.16. The van der Waals surface area contributed by atoms with Crippen LogP contribution in [0, 0.1) is 0 Å². The Balaban J connectivity index is 2.34. The highest BCUT2D eigenvalue weighted by Gasteiger charge is 1.74. The highest BCUT2D eigenvalue weighted by molar-refractivity contribution is 7.98. The van der Waals surface area contributed by atoms with Crippen molar-refractivity contribution in [2.45, 2.75) is 0 Å². The van der Waals surface area contributed by atoms with Gasteiger partial charge in [0, 0.05) is 15.2 Å². The number of thioether (sulfide) groups is 1. The summed E-state index contributed by atoms with van der Waals surface area (Å²) in [5.74, 6) is 1.09. The van der Waals surface area contributed by atoms with E-state index in [0.717, 1.165) is 12.4 Å². The molecule has 0 bridgehead atoms. The van der Waals surface area contributed by atoms with Gasteiger partial charge >= 0.3 is 0 Å². The lowest BCUT2D eigenvalue weighted by atomic mass is 10.9. The fraction of sp³-hybridized carbons (Fsp3) is 1.00. The lowest BCUT2D eigenvalue weighted by Crippen LogP contribution is -1.83. The molecule has 38 valence electrons. The van der Waals surface area contributed by atoms with Crippen LogP contribution >= 0.6 is 21.2 Å². The van der Waals surface area contributed by atoms with Crippen LogP contribution in [0.2, 0.25) is 0 Å². The van der Waals surface area contributed by atoms with Crippen molar-refractivity contribution in [1.82, 2.24) is 0 Å². The first-order valence-electron chi connectivity index (χ1n) is 1.72. The van der Waals surface area contributed by atoms with Gasteiger partial charge in [0.2, 0.25) is 0 Å². The van der Waals surface area contributed by atoms with Crippen LogP contribution in [0.25, 0.3) is 0 Å². The van der Waals surface area contributed by atoms with Crippen molar-refractivity contribution < 1.29 is 4.52 Å². The van der Waals surface area contributed by atoms with Crippen LogP contribution in [0.4, 0.5) is 0 Å². The molecule has 0 aliphatic carbocycles. The van der Waals surface area contributed by atoms with E-state index in [4.69, 9.17) is 0 Å². The minimum absolute atomic E-state index is 0.839. The predicted molar refractivity (Wildman–Crippen MR) is 34.0 cm³/mol. The summed E-state index contributed by atoms with van der Waals surface area (Å²) in [5.41, 5.74) is 0. The van der Waals surface area contributed by atoms with E-state index in [-0.39, 0.29) is 0 Å². The zero-order valence-electron chi connectivity index (χ0n) is 3.81. The number of rotatable bonds is 3. The third-order valence-corrected chi connectivity index (χ3v) is 1.22. The van der Waals surface area contributed by atoms with Gasteiger partial charge in [-0.15, -0.1) is 0 Å². The van der Waals surface area contributed by atoms with Crippen molar-refractivity contribution in [2.75, 3.05) is 18.6 Å². The molecule has 0 aliphatic heterocycles. The Morgan fingerprint density at radius 1 is 1.83 bits per heavy atom. The van der Waals surface area contributed by atoms with E-state index in [2.05, 4.69) is 20.2 Å². The van der Waals surface area contributed by atoms with E-state index in [0.29, 0.717) is 0 Å². The van der Waals surface area contributed by atoms with Crippen molar-refractivity contribution in [3.8, 4) is 0 Å². The van der Waals surface area contributed by atoms with Gasteiger partial charge in [-0.1, -0.05) is 0 Å². The molecule has 0 aromatic carbocycles. The minimum atomic E-state index is 0.839. The molecular formula is C3H9OPS. The van der Waals surface area contributed by atoms with E-state index < -0.39 is 0 Å². The van der Waals surface area contributed by atoms with Gasteiger partial charge in [-0.3, -0.25) is 0 Å². The first-order valence-corrected chi connectivity index (χ1v) is 3.59. The molecule has 0 radical (unpaired) electrons. The summed E-state index contributed by atoms with van der Waals surface area (Å²) in [5, 5.41) is 0. The maximum Gasteiger partial charge on any atom is 0.0592 e. The van der Waals surface area contributed by atoms with Gasteiger partial charge in [-0.25, -0.2) is 0 Å². The molecule has 0 aromatic rings. The molecule has 0 saturated heterocycles. The van der Waals surface area contributed by atoms with Crippen LogP contribution in [-0.4, -0.2) is 18.6 Å². The standard InChI is InChI=1S/C3H9OPS/c1-6-3-2-4-5/h2-3,5H2,1H3. The summed E-state index contributed by atoms with van der Waals surface area (Å²) in [4.78, 5) is 0. The third kappa shape index (κ3) is 4.74. The minimum Gasteiger partial charge on any atom is -0.365 e. The molecule has 0 heterocycles. The second-order valence-electron chi connectivity index (χ2n) is 0.864. The zero-order chi connectivity index (χ0) is 4.83. The van der Waals surface area contributed by atoms with E-state index in [1.165, 1.54) is 0 Å². The van der Waals surface area contributed by atoms with Gasteiger partial charge in [-0.2, -0.15) is 11.8 Å². The molecule has 1 unspecified atom stereocenters. The summed E-state index contributed by atoms with van der Waals surface area (Å²) < 4.78 is 4.68. The van der Waals surface area contributed by atoms with E-state index in [1.807, 2.05) is 0 Å². The first kappa shape index (κ1) is 6.74. The Morgan fingerprint density at radius 3 is 2.67 bits per heavy atom. The van der Waals surface area contributed by atoms with Crippen LogP contribution in [0.5, 0.6) is 0 Å². The fourth-order valence-corrected chi connectivity index (χ4v) is 0.683. The van der Waals surface area contributed by atoms with Crippen molar-refractivity contribution in [2.24, 2.45) is 0 Å². The molecule has 1 atom stereocenters.